The summed E-state index contributed by atoms with van der Waals surface area (Å²) in [7, 11) is 0. The van der Waals surface area contributed by atoms with Gasteiger partial charge in [0, 0.05) is 37.2 Å². The molecule has 6 unspecified atom stereocenters. The number of hydrogen-bond donors (Lipinski definition) is 0. The van der Waals surface area contributed by atoms with Crippen molar-refractivity contribution in [1.82, 2.24) is 0 Å². The molecular weight excluding hydrogens is 336 g/mol. The Balaban J connectivity index is 0.000000791. The van der Waals surface area contributed by atoms with Crippen molar-refractivity contribution >= 4 is 24.5 Å². The maximum Gasteiger partial charge on any atom is 0.334 e. The fourth-order valence-electron chi connectivity index (χ4n) is 4.26. The van der Waals surface area contributed by atoms with Crippen LogP contribution < -0.4 is 0 Å². The Morgan fingerprint density at radius 3 is 2.27 bits per heavy atom. The van der Waals surface area contributed by atoms with Crippen LogP contribution in [0.2, 0.25) is 0 Å². The monoisotopic (exact) mass is 362 g/mol. The molecule has 0 aromatic carbocycles. The van der Waals surface area contributed by atoms with Gasteiger partial charge in [-0.1, -0.05) is 25.7 Å². The first-order valence-electron chi connectivity index (χ1n) is 8.37. The minimum atomic E-state index is -0.498. The number of rotatable bonds is 1. The third kappa shape index (κ3) is 3.69. The number of ketones is 1. The molecule has 0 spiro atoms. The maximum atomic E-state index is 12.1. The Labute approximate surface area is 153 Å². The first-order chi connectivity index (χ1) is 12.3. The molecule has 1 heterocycles. The Morgan fingerprint density at radius 2 is 1.73 bits per heavy atom. The van der Waals surface area contributed by atoms with E-state index in [0.717, 1.165) is 5.57 Å². The summed E-state index contributed by atoms with van der Waals surface area (Å²) >= 11 is 0. The van der Waals surface area contributed by atoms with E-state index in [1.165, 1.54) is 6.92 Å². The summed E-state index contributed by atoms with van der Waals surface area (Å²) < 4.78 is 11.0. The van der Waals surface area contributed by atoms with Crippen molar-refractivity contribution in [3.8, 4) is 0 Å². The van der Waals surface area contributed by atoms with Crippen LogP contribution in [0.15, 0.2) is 37.5 Å². The van der Waals surface area contributed by atoms with Crippen molar-refractivity contribution in [2.45, 2.75) is 38.9 Å². The highest BCUT2D eigenvalue weighted by atomic mass is 16.6. The zero-order valence-corrected chi connectivity index (χ0v) is 15.4. The van der Waals surface area contributed by atoms with Crippen molar-refractivity contribution in [3.63, 3.8) is 0 Å². The molecule has 1 saturated heterocycles. The van der Waals surface area contributed by atoms with Gasteiger partial charge >= 0.3 is 11.9 Å². The van der Waals surface area contributed by atoms with Crippen molar-refractivity contribution in [1.29, 1.82) is 0 Å². The van der Waals surface area contributed by atoms with E-state index in [1.807, 2.05) is 13.7 Å². The highest BCUT2D eigenvalue weighted by molar-refractivity contribution is 5.92. The van der Waals surface area contributed by atoms with Gasteiger partial charge in [-0.15, -0.1) is 13.2 Å². The van der Waals surface area contributed by atoms with Gasteiger partial charge < -0.3 is 14.3 Å². The molecule has 0 bridgehead atoms. The molecule has 142 valence electrons. The van der Waals surface area contributed by atoms with Crippen LogP contribution in [0.25, 0.3) is 0 Å². The summed E-state index contributed by atoms with van der Waals surface area (Å²) in [4.78, 5) is 43.5. The lowest BCUT2D eigenvalue weighted by Gasteiger charge is -2.29. The van der Waals surface area contributed by atoms with E-state index < -0.39 is 30.1 Å². The molecule has 0 amide bonds. The number of esters is 2. The van der Waals surface area contributed by atoms with Crippen LogP contribution >= 0.6 is 0 Å². The Kier molecular flexibility index (Phi) is 7.24. The summed E-state index contributed by atoms with van der Waals surface area (Å²) in [5.74, 6) is -1.39. The number of carbonyl (C=O) groups is 4. The number of hydrogen-bond acceptors (Lipinski definition) is 6. The van der Waals surface area contributed by atoms with Crippen LogP contribution in [0.4, 0.5) is 0 Å². The Morgan fingerprint density at radius 1 is 1.15 bits per heavy atom. The van der Waals surface area contributed by atoms with Crippen molar-refractivity contribution in [2.75, 3.05) is 0 Å². The highest BCUT2D eigenvalue weighted by Crippen LogP contribution is 2.51. The molecule has 0 N–H and O–H groups in total. The number of carbonyl (C=O) groups excluding carboxylic acids is 4. The molecule has 0 aromatic heterocycles. The molecular formula is C20H26O6. The van der Waals surface area contributed by atoms with Gasteiger partial charge in [0.2, 0.25) is 0 Å². The topological polar surface area (TPSA) is 86.7 Å². The van der Waals surface area contributed by atoms with E-state index in [1.54, 1.807) is 0 Å². The maximum absolute atomic E-state index is 12.1. The lowest BCUT2D eigenvalue weighted by molar-refractivity contribution is -0.151. The average Bonchev–Trinajstić information content (AvgIpc) is 3.03. The predicted octanol–water partition coefficient (Wildman–Crippen LogP) is 2.43. The smallest absolute Gasteiger partial charge is 0.334 e. The lowest BCUT2D eigenvalue weighted by Crippen LogP contribution is -2.37. The largest absolute Gasteiger partial charge is 0.461 e. The molecule has 1 aliphatic heterocycles. The van der Waals surface area contributed by atoms with Gasteiger partial charge in [0.1, 0.15) is 24.8 Å². The zero-order chi connectivity index (χ0) is 20.2. The zero-order valence-electron chi connectivity index (χ0n) is 15.4. The molecule has 0 aromatic rings. The standard InChI is InChI=1S/C17H20O5.C2H4.CH2O/c1-7-5-13(21-10(4)18)15-9(3)17(20)22-16(15)14-8(2)12(19)6-11(7)14;2*1-2/h8,11,13-16H,1,3,5-6H2,2,4H3;1-2H2;1H2. The minimum Gasteiger partial charge on any atom is -0.461 e. The molecule has 0 radical (unpaired) electrons. The van der Waals surface area contributed by atoms with Crippen LogP contribution in [0.1, 0.15) is 26.7 Å². The van der Waals surface area contributed by atoms with E-state index in [4.69, 9.17) is 14.3 Å². The highest BCUT2D eigenvalue weighted by Gasteiger charge is 2.57. The number of fused-ring (bicyclic) bond motifs is 3. The van der Waals surface area contributed by atoms with Gasteiger partial charge in [-0.3, -0.25) is 9.59 Å². The SMILES string of the molecule is C=C.C=C1CC(OC(C)=O)C2C(=C)C(=O)OC2C2C(C)C(=O)CC12.C=O. The van der Waals surface area contributed by atoms with Crippen molar-refractivity contribution < 1.29 is 28.7 Å². The van der Waals surface area contributed by atoms with Gasteiger partial charge in [0.05, 0.1) is 5.92 Å². The molecule has 26 heavy (non-hydrogen) atoms. The fourth-order valence-corrected chi connectivity index (χ4v) is 4.26. The summed E-state index contributed by atoms with van der Waals surface area (Å²) in [6.07, 6.45) is -0.0978. The van der Waals surface area contributed by atoms with Gasteiger partial charge in [-0.05, 0) is 5.92 Å². The normalized spacial score (nSPS) is 34.8. The lowest BCUT2D eigenvalue weighted by atomic mass is 9.79. The molecule has 3 fully saturated rings. The van der Waals surface area contributed by atoms with E-state index >= 15 is 0 Å². The molecule has 6 heteroatoms. The van der Waals surface area contributed by atoms with E-state index in [0.29, 0.717) is 18.4 Å². The van der Waals surface area contributed by atoms with E-state index in [-0.39, 0.29) is 23.5 Å². The van der Waals surface area contributed by atoms with Crippen LogP contribution in [0.5, 0.6) is 0 Å². The second-order valence-electron chi connectivity index (χ2n) is 6.57. The molecule has 6 nitrogen and oxygen atoms in total. The molecule has 2 saturated carbocycles. The van der Waals surface area contributed by atoms with Gasteiger partial charge in [0.15, 0.2) is 0 Å². The fraction of sp³-hybridized carbons (Fsp3) is 0.500. The van der Waals surface area contributed by atoms with Crippen molar-refractivity contribution in [3.05, 3.63) is 37.5 Å². The summed E-state index contributed by atoms with van der Waals surface area (Å²) in [5.41, 5.74) is 1.23. The molecule has 3 aliphatic rings. The third-order valence-corrected chi connectivity index (χ3v) is 5.32. The van der Waals surface area contributed by atoms with Gasteiger partial charge in [0.25, 0.3) is 0 Å². The first kappa shape index (κ1) is 21.5. The second kappa shape index (κ2) is 8.74. The minimum absolute atomic E-state index is 0.0192. The summed E-state index contributed by atoms with van der Waals surface area (Å²) in [6.45, 7) is 19.1. The predicted molar refractivity (Wildman–Crippen MR) is 96.0 cm³/mol. The van der Waals surface area contributed by atoms with Crippen LogP contribution in [-0.4, -0.2) is 36.7 Å². The molecule has 2 aliphatic carbocycles. The number of Topliss-reactive ketones (excluding diaryl/α,β-unsaturated/α-hetero) is 1. The summed E-state index contributed by atoms with van der Waals surface area (Å²) in [6, 6.07) is 0. The quantitative estimate of drug-likeness (QED) is 0.404. The van der Waals surface area contributed by atoms with Crippen LogP contribution in [0.3, 0.4) is 0 Å². The van der Waals surface area contributed by atoms with Crippen LogP contribution in [0, 0.1) is 23.7 Å². The number of ether oxygens (including phenoxy) is 2. The van der Waals surface area contributed by atoms with Crippen molar-refractivity contribution in [2.24, 2.45) is 23.7 Å². The first-order valence-corrected chi connectivity index (χ1v) is 8.37. The molecule has 6 atom stereocenters. The van der Waals surface area contributed by atoms with E-state index in [9.17, 15) is 14.4 Å². The third-order valence-electron chi connectivity index (χ3n) is 5.32. The second-order valence-corrected chi connectivity index (χ2v) is 6.57. The average molecular weight is 362 g/mol. The summed E-state index contributed by atoms with van der Waals surface area (Å²) in [5, 5.41) is 0. The van der Waals surface area contributed by atoms with Gasteiger partial charge in [-0.25, -0.2) is 4.79 Å². The van der Waals surface area contributed by atoms with E-state index in [2.05, 4.69) is 26.3 Å². The Bertz CT molecular complexity index is 620. The van der Waals surface area contributed by atoms with Crippen LogP contribution in [-0.2, 0) is 28.7 Å². The molecule has 3 rings (SSSR count). The Hall–Kier alpha value is -2.50. The van der Waals surface area contributed by atoms with Gasteiger partial charge in [-0.2, -0.15) is 0 Å².